The fourth-order valence-electron chi connectivity index (χ4n) is 2.17. The van der Waals surface area contributed by atoms with Gasteiger partial charge in [-0.1, -0.05) is 6.07 Å². The van der Waals surface area contributed by atoms with Crippen LogP contribution < -0.4 is 10.6 Å². The molecule has 2 rings (SSSR count). The first-order chi connectivity index (χ1) is 7.16. The SMILES string of the molecule is Cc1ccc(N2CCCC(N)C2)cc1C. The molecule has 15 heavy (non-hydrogen) atoms. The fraction of sp³-hybridized carbons (Fsp3) is 0.538. The zero-order valence-corrected chi connectivity index (χ0v) is 9.66. The molecule has 0 amide bonds. The van der Waals surface area contributed by atoms with Crippen LogP contribution in [0.5, 0.6) is 0 Å². The van der Waals surface area contributed by atoms with Crippen molar-refractivity contribution in [2.24, 2.45) is 5.73 Å². The molecule has 82 valence electrons. The first-order valence-electron chi connectivity index (χ1n) is 5.74. The standard InChI is InChI=1S/C13H20N2/c1-10-5-6-13(8-11(10)2)15-7-3-4-12(14)9-15/h5-6,8,12H,3-4,7,9,14H2,1-2H3. The maximum Gasteiger partial charge on any atom is 0.0369 e. The van der Waals surface area contributed by atoms with E-state index in [-0.39, 0.29) is 0 Å². The molecule has 2 heteroatoms. The Kier molecular flexibility index (Phi) is 2.96. The quantitative estimate of drug-likeness (QED) is 0.760. The highest BCUT2D eigenvalue weighted by Crippen LogP contribution is 2.21. The molecule has 0 aromatic heterocycles. The van der Waals surface area contributed by atoms with Crippen molar-refractivity contribution in [3.63, 3.8) is 0 Å². The molecule has 1 heterocycles. The molecular formula is C13H20N2. The average molecular weight is 204 g/mol. The van der Waals surface area contributed by atoms with E-state index in [0.29, 0.717) is 6.04 Å². The Labute approximate surface area is 92.1 Å². The van der Waals surface area contributed by atoms with Crippen LogP contribution in [0, 0.1) is 13.8 Å². The summed E-state index contributed by atoms with van der Waals surface area (Å²) in [5, 5.41) is 0. The average Bonchev–Trinajstić information content (AvgIpc) is 2.22. The predicted molar refractivity (Wildman–Crippen MR) is 65.3 cm³/mol. The van der Waals surface area contributed by atoms with Crippen LogP contribution in [-0.2, 0) is 0 Å². The van der Waals surface area contributed by atoms with E-state index in [1.807, 2.05) is 0 Å². The lowest BCUT2D eigenvalue weighted by atomic mass is 10.0. The number of hydrogen-bond acceptors (Lipinski definition) is 2. The summed E-state index contributed by atoms with van der Waals surface area (Å²) in [6, 6.07) is 7.03. The topological polar surface area (TPSA) is 29.3 Å². The van der Waals surface area contributed by atoms with E-state index in [2.05, 4.69) is 36.9 Å². The molecule has 1 atom stereocenters. The van der Waals surface area contributed by atoms with Gasteiger partial charge in [0.15, 0.2) is 0 Å². The van der Waals surface area contributed by atoms with Gasteiger partial charge in [0, 0.05) is 24.8 Å². The van der Waals surface area contributed by atoms with E-state index < -0.39 is 0 Å². The van der Waals surface area contributed by atoms with Crippen LogP contribution in [0.1, 0.15) is 24.0 Å². The minimum atomic E-state index is 0.348. The summed E-state index contributed by atoms with van der Waals surface area (Å²) in [5.74, 6) is 0. The third kappa shape index (κ3) is 2.32. The van der Waals surface area contributed by atoms with Crippen LogP contribution in [0.3, 0.4) is 0 Å². The van der Waals surface area contributed by atoms with E-state index in [4.69, 9.17) is 5.73 Å². The number of anilines is 1. The van der Waals surface area contributed by atoms with Crippen LogP contribution in [0.25, 0.3) is 0 Å². The molecule has 1 fully saturated rings. The largest absolute Gasteiger partial charge is 0.370 e. The van der Waals surface area contributed by atoms with Gasteiger partial charge in [0.05, 0.1) is 0 Å². The molecule has 0 saturated carbocycles. The van der Waals surface area contributed by atoms with E-state index in [1.54, 1.807) is 0 Å². The molecule has 0 bridgehead atoms. The van der Waals surface area contributed by atoms with Gasteiger partial charge in [-0.25, -0.2) is 0 Å². The second-order valence-corrected chi connectivity index (χ2v) is 4.62. The molecule has 2 nitrogen and oxygen atoms in total. The monoisotopic (exact) mass is 204 g/mol. The first kappa shape index (κ1) is 10.5. The van der Waals surface area contributed by atoms with Crippen molar-refractivity contribution in [1.82, 2.24) is 0 Å². The van der Waals surface area contributed by atoms with Crippen LogP contribution >= 0.6 is 0 Å². The van der Waals surface area contributed by atoms with Crippen molar-refractivity contribution in [2.75, 3.05) is 18.0 Å². The molecule has 0 aliphatic carbocycles. The Morgan fingerprint density at radius 1 is 1.27 bits per heavy atom. The fourth-order valence-corrected chi connectivity index (χ4v) is 2.17. The normalized spacial score (nSPS) is 21.8. The zero-order valence-electron chi connectivity index (χ0n) is 9.66. The van der Waals surface area contributed by atoms with Crippen LogP contribution in [0.15, 0.2) is 18.2 Å². The highest BCUT2D eigenvalue weighted by Gasteiger charge is 2.16. The molecule has 1 aromatic rings. The van der Waals surface area contributed by atoms with Gasteiger partial charge in [-0.05, 0) is 49.9 Å². The maximum atomic E-state index is 5.99. The van der Waals surface area contributed by atoms with Crippen molar-refractivity contribution in [3.8, 4) is 0 Å². The number of nitrogens with two attached hydrogens (primary N) is 1. The number of nitrogens with zero attached hydrogens (tertiary/aromatic N) is 1. The van der Waals surface area contributed by atoms with Crippen molar-refractivity contribution < 1.29 is 0 Å². The van der Waals surface area contributed by atoms with Crippen LogP contribution in [0.4, 0.5) is 5.69 Å². The molecule has 1 aromatic carbocycles. The van der Waals surface area contributed by atoms with Crippen LogP contribution in [0.2, 0.25) is 0 Å². The Hall–Kier alpha value is -1.02. The van der Waals surface area contributed by atoms with E-state index in [0.717, 1.165) is 13.1 Å². The van der Waals surface area contributed by atoms with Gasteiger partial charge in [-0.3, -0.25) is 0 Å². The van der Waals surface area contributed by atoms with Gasteiger partial charge in [-0.15, -0.1) is 0 Å². The van der Waals surface area contributed by atoms with Crippen molar-refractivity contribution in [3.05, 3.63) is 29.3 Å². The summed E-state index contributed by atoms with van der Waals surface area (Å²) in [7, 11) is 0. The molecular weight excluding hydrogens is 184 g/mol. The van der Waals surface area contributed by atoms with Crippen molar-refractivity contribution in [2.45, 2.75) is 32.7 Å². The van der Waals surface area contributed by atoms with Crippen molar-refractivity contribution >= 4 is 5.69 Å². The number of hydrogen-bond donors (Lipinski definition) is 1. The number of benzene rings is 1. The van der Waals surface area contributed by atoms with Gasteiger partial charge in [0.2, 0.25) is 0 Å². The van der Waals surface area contributed by atoms with Gasteiger partial charge >= 0.3 is 0 Å². The molecule has 1 aliphatic heterocycles. The summed E-state index contributed by atoms with van der Waals surface area (Å²) in [4.78, 5) is 2.40. The zero-order chi connectivity index (χ0) is 10.8. The lowest BCUT2D eigenvalue weighted by molar-refractivity contribution is 0.506. The van der Waals surface area contributed by atoms with Gasteiger partial charge < -0.3 is 10.6 Å². The van der Waals surface area contributed by atoms with E-state index >= 15 is 0 Å². The smallest absolute Gasteiger partial charge is 0.0369 e. The number of rotatable bonds is 1. The summed E-state index contributed by atoms with van der Waals surface area (Å²) >= 11 is 0. The van der Waals surface area contributed by atoms with Gasteiger partial charge in [0.1, 0.15) is 0 Å². The number of piperidine rings is 1. The predicted octanol–water partition coefficient (Wildman–Crippen LogP) is 2.23. The molecule has 1 aliphatic rings. The minimum Gasteiger partial charge on any atom is -0.370 e. The summed E-state index contributed by atoms with van der Waals surface area (Å²) < 4.78 is 0. The van der Waals surface area contributed by atoms with Crippen LogP contribution in [-0.4, -0.2) is 19.1 Å². The molecule has 0 spiro atoms. The minimum absolute atomic E-state index is 0.348. The molecule has 0 radical (unpaired) electrons. The Morgan fingerprint density at radius 3 is 2.73 bits per heavy atom. The lowest BCUT2D eigenvalue weighted by Crippen LogP contribution is -2.42. The highest BCUT2D eigenvalue weighted by atomic mass is 15.1. The lowest BCUT2D eigenvalue weighted by Gasteiger charge is -2.33. The van der Waals surface area contributed by atoms with Gasteiger partial charge in [0.25, 0.3) is 0 Å². The molecule has 1 unspecified atom stereocenters. The van der Waals surface area contributed by atoms with E-state index in [9.17, 15) is 0 Å². The second kappa shape index (κ2) is 4.23. The third-order valence-electron chi connectivity index (χ3n) is 3.31. The number of aryl methyl sites for hydroxylation is 2. The molecule has 2 N–H and O–H groups in total. The summed E-state index contributed by atoms with van der Waals surface area (Å²) in [5.41, 5.74) is 10.0. The van der Waals surface area contributed by atoms with E-state index in [1.165, 1.54) is 29.7 Å². The Balaban J connectivity index is 2.18. The Bertz CT molecular complexity index is 346. The third-order valence-corrected chi connectivity index (χ3v) is 3.31. The summed E-state index contributed by atoms with van der Waals surface area (Å²) in [6.07, 6.45) is 2.38. The maximum absolute atomic E-state index is 5.99. The second-order valence-electron chi connectivity index (χ2n) is 4.62. The first-order valence-corrected chi connectivity index (χ1v) is 5.74. The summed E-state index contributed by atoms with van der Waals surface area (Å²) in [6.45, 7) is 6.47. The molecule has 1 saturated heterocycles. The van der Waals surface area contributed by atoms with Gasteiger partial charge in [-0.2, -0.15) is 0 Å². The Morgan fingerprint density at radius 2 is 2.07 bits per heavy atom. The van der Waals surface area contributed by atoms with Crippen molar-refractivity contribution in [1.29, 1.82) is 0 Å². The highest BCUT2D eigenvalue weighted by molar-refractivity contribution is 5.51.